The van der Waals surface area contributed by atoms with Gasteiger partial charge in [0.2, 0.25) is 0 Å². The molecule has 1 unspecified atom stereocenters. The van der Waals surface area contributed by atoms with Crippen molar-refractivity contribution >= 4 is 17.2 Å². The molecule has 0 saturated carbocycles. The predicted octanol–water partition coefficient (Wildman–Crippen LogP) is 3.58. The maximum Gasteiger partial charge on any atom is 0.261 e. The summed E-state index contributed by atoms with van der Waals surface area (Å²) >= 11 is 1.63. The molecule has 24 heavy (non-hydrogen) atoms. The van der Waals surface area contributed by atoms with E-state index in [-0.39, 0.29) is 12.5 Å². The van der Waals surface area contributed by atoms with Crippen LogP contribution in [0, 0.1) is 0 Å². The van der Waals surface area contributed by atoms with Gasteiger partial charge >= 0.3 is 0 Å². The number of nitrogens with one attached hydrogen (secondary N) is 1. The van der Waals surface area contributed by atoms with Gasteiger partial charge < -0.3 is 10.4 Å². The highest BCUT2D eigenvalue weighted by atomic mass is 32.1. The summed E-state index contributed by atoms with van der Waals surface area (Å²) < 4.78 is 0. The fourth-order valence-corrected chi connectivity index (χ4v) is 5.11. The monoisotopic (exact) mass is 341 g/mol. The average molecular weight is 341 g/mol. The largest absolute Gasteiger partial charge is 0.383 e. The SMILES string of the molecule is O=C(NCC1(O)CCc2ccccc21)c1cc2c(s1)CCCCC2. The predicted molar refractivity (Wildman–Crippen MR) is 96.6 cm³/mol. The second-order valence-corrected chi connectivity index (χ2v) is 8.13. The first kappa shape index (κ1) is 15.9. The van der Waals surface area contributed by atoms with Gasteiger partial charge in [-0.05, 0) is 61.3 Å². The van der Waals surface area contributed by atoms with Crippen LogP contribution in [-0.2, 0) is 24.9 Å². The number of amides is 1. The summed E-state index contributed by atoms with van der Waals surface area (Å²) in [7, 11) is 0. The van der Waals surface area contributed by atoms with E-state index in [1.54, 1.807) is 11.3 Å². The molecule has 1 heterocycles. The fourth-order valence-electron chi connectivity index (χ4n) is 3.94. The van der Waals surface area contributed by atoms with Gasteiger partial charge in [0.05, 0.1) is 11.4 Å². The molecule has 0 radical (unpaired) electrons. The van der Waals surface area contributed by atoms with E-state index in [0.717, 1.165) is 29.7 Å². The number of hydrogen-bond acceptors (Lipinski definition) is 3. The number of rotatable bonds is 3. The van der Waals surface area contributed by atoms with Crippen LogP contribution in [0.2, 0.25) is 0 Å². The Bertz CT molecular complexity index is 743. The molecule has 0 fully saturated rings. The Hall–Kier alpha value is -1.65. The lowest BCUT2D eigenvalue weighted by atomic mass is 9.96. The van der Waals surface area contributed by atoms with E-state index in [9.17, 15) is 9.90 Å². The minimum Gasteiger partial charge on any atom is -0.383 e. The van der Waals surface area contributed by atoms with Crippen molar-refractivity contribution in [1.29, 1.82) is 0 Å². The fraction of sp³-hybridized carbons (Fsp3) is 0.450. The zero-order valence-corrected chi connectivity index (χ0v) is 14.6. The van der Waals surface area contributed by atoms with E-state index >= 15 is 0 Å². The molecule has 0 saturated heterocycles. The third kappa shape index (κ3) is 2.89. The van der Waals surface area contributed by atoms with Crippen molar-refractivity contribution < 1.29 is 9.90 Å². The van der Waals surface area contributed by atoms with Gasteiger partial charge in [0.15, 0.2) is 0 Å². The molecule has 1 atom stereocenters. The summed E-state index contributed by atoms with van der Waals surface area (Å²) in [5, 5.41) is 13.9. The highest BCUT2D eigenvalue weighted by molar-refractivity contribution is 7.14. The van der Waals surface area contributed by atoms with Crippen LogP contribution < -0.4 is 5.32 Å². The third-order valence-corrected chi connectivity index (χ3v) is 6.57. The van der Waals surface area contributed by atoms with E-state index in [1.807, 2.05) is 18.2 Å². The van der Waals surface area contributed by atoms with E-state index < -0.39 is 5.60 Å². The molecule has 2 N–H and O–H groups in total. The maximum atomic E-state index is 12.5. The van der Waals surface area contributed by atoms with Gasteiger partial charge in [-0.25, -0.2) is 0 Å². The number of carbonyl (C=O) groups excluding carboxylic acids is 1. The number of fused-ring (bicyclic) bond motifs is 2. The van der Waals surface area contributed by atoms with Gasteiger partial charge in [-0.1, -0.05) is 30.7 Å². The lowest BCUT2D eigenvalue weighted by Crippen LogP contribution is -2.39. The molecule has 4 rings (SSSR count). The lowest BCUT2D eigenvalue weighted by molar-refractivity contribution is 0.0370. The second kappa shape index (κ2) is 6.34. The molecule has 2 aliphatic rings. The van der Waals surface area contributed by atoms with Gasteiger partial charge in [-0.2, -0.15) is 0 Å². The lowest BCUT2D eigenvalue weighted by Gasteiger charge is -2.24. The molecule has 126 valence electrons. The highest BCUT2D eigenvalue weighted by Gasteiger charge is 2.36. The van der Waals surface area contributed by atoms with Crippen molar-refractivity contribution in [2.24, 2.45) is 0 Å². The zero-order chi connectivity index (χ0) is 16.6. The molecule has 0 spiro atoms. The molecule has 1 aromatic carbocycles. The number of aliphatic hydroxyl groups is 1. The Morgan fingerprint density at radius 2 is 1.96 bits per heavy atom. The van der Waals surface area contributed by atoms with Crippen LogP contribution in [0.5, 0.6) is 0 Å². The first-order chi connectivity index (χ1) is 11.7. The molecular weight excluding hydrogens is 318 g/mol. The second-order valence-electron chi connectivity index (χ2n) is 6.99. The molecule has 1 amide bonds. The molecule has 1 aromatic heterocycles. The molecule has 4 heteroatoms. The number of thiophene rings is 1. The Labute approximate surface area is 146 Å². The first-order valence-corrected chi connectivity index (χ1v) is 9.68. The van der Waals surface area contributed by atoms with Crippen LogP contribution in [0.4, 0.5) is 0 Å². The molecule has 3 nitrogen and oxygen atoms in total. The Morgan fingerprint density at radius 3 is 2.88 bits per heavy atom. The standard InChI is InChI=1S/C20H23NO2S/c22-19(18-12-15-7-2-1-3-9-17(15)24-18)21-13-20(23)11-10-14-6-4-5-8-16(14)20/h4-6,8,12,23H,1-3,7,9-11,13H2,(H,21,22). The van der Waals surface area contributed by atoms with Crippen LogP contribution in [0.15, 0.2) is 30.3 Å². The normalized spacial score (nSPS) is 22.5. The minimum absolute atomic E-state index is 0.0501. The number of aryl methyl sites for hydroxylation is 3. The van der Waals surface area contributed by atoms with Crippen LogP contribution in [-0.4, -0.2) is 17.6 Å². The smallest absolute Gasteiger partial charge is 0.261 e. The van der Waals surface area contributed by atoms with Gasteiger partial charge in [0.1, 0.15) is 5.60 Å². The Balaban J connectivity index is 1.46. The van der Waals surface area contributed by atoms with Crippen molar-refractivity contribution in [3.8, 4) is 0 Å². The minimum atomic E-state index is -0.930. The summed E-state index contributed by atoms with van der Waals surface area (Å²) in [5.74, 6) is -0.0501. The van der Waals surface area contributed by atoms with Gasteiger partial charge in [0, 0.05) is 4.88 Å². The molecule has 0 bridgehead atoms. The van der Waals surface area contributed by atoms with E-state index in [2.05, 4.69) is 17.4 Å². The first-order valence-electron chi connectivity index (χ1n) is 8.86. The molecule has 2 aliphatic carbocycles. The van der Waals surface area contributed by atoms with Crippen LogP contribution in [0.3, 0.4) is 0 Å². The maximum absolute atomic E-state index is 12.5. The van der Waals surface area contributed by atoms with Gasteiger partial charge in [-0.15, -0.1) is 11.3 Å². The molecule has 2 aromatic rings. The number of benzene rings is 1. The highest BCUT2D eigenvalue weighted by Crippen LogP contribution is 2.36. The van der Waals surface area contributed by atoms with Crippen LogP contribution in [0.25, 0.3) is 0 Å². The van der Waals surface area contributed by atoms with Crippen molar-refractivity contribution in [2.45, 2.75) is 50.5 Å². The topological polar surface area (TPSA) is 49.3 Å². The third-order valence-electron chi connectivity index (χ3n) is 5.34. The Kier molecular flexibility index (Phi) is 4.19. The Morgan fingerprint density at radius 1 is 1.12 bits per heavy atom. The average Bonchev–Trinajstić information content (AvgIpc) is 3.08. The summed E-state index contributed by atoms with van der Waals surface area (Å²) in [4.78, 5) is 14.7. The van der Waals surface area contributed by atoms with Crippen molar-refractivity contribution in [2.75, 3.05) is 6.54 Å². The quantitative estimate of drug-likeness (QED) is 0.839. The molecular formula is C20H23NO2S. The van der Waals surface area contributed by atoms with Crippen LogP contribution >= 0.6 is 11.3 Å². The van der Waals surface area contributed by atoms with Gasteiger partial charge in [-0.3, -0.25) is 4.79 Å². The summed E-state index contributed by atoms with van der Waals surface area (Å²) in [6.07, 6.45) is 7.48. The van der Waals surface area contributed by atoms with Gasteiger partial charge in [0.25, 0.3) is 5.91 Å². The number of carbonyl (C=O) groups is 1. The molecule has 0 aliphatic heterocycles. The van der Waals surface area contributed by atoms with E-state index in [0.29, 0.717) is 6.42 Å². The van der Waals surface area contributed by atoms with Crippen molar-refractivity contribution in [3.63, 3.8) is 0 Å². The zero-order valence-electron chi connectivity index (χ0n) is 13.8. The van der Waals surface area contributed by atoms with Crippen LogP contribution in [0.1, 0.15) is 56.9 Å². The van der Waals surface area contributed by atoms with E-state index in [1.165, 1.54) is 35.3 Å². The van der Waals surface area contributed by atoms with Crippen molar-refractivity contribution in [1.82, 2.24) is 5.32 Å². The summed E-state index contributed by atoms with van der Waals surface area (Å²) in [6, 6.07) is 10.1. The summed E-state index contributed by atoms with van der Waals surface area (Å²) in [6.45, 7) is 0.283. The number of hydrogen-bond donors (Lipinski definition) is 2. The van der Waals surface area contributed by atoms with Crippen molar-refractivity contribution in [3.05, 3.63) is 56.8 Å². The summed E-state index contributed by atoms with van der Waals surface area (Å²) in [5.41, 5.74) is 2.58. The van der Waals surface area contributed by atoms with E-state index in [4.69, 9.17) is 0 Å².